The van der Waals surface area contributed by atoms with E-state index < -0.39 is 0 Å². The highest BCUT2D eigenvalue weighted by molar-refractivity contribution is 6.35. The Labute approximate surface area is 228 Å². The molecule has 0 bridgehead atoms. The van der Waals surface area contributed by atoms with Gasteiger partial charge in [0.05, 0.1) is 24.4 Å². The number of nitrogens with one attached hydrogen (secondary N) is 1. The van der Waals surface area contributed by atoms with Crippen LogP contribution >= 0.6 is 23.2 Å². The van der Waals surface area contributed by atoms with E-state index in [0.29, 0.717) is 21.6 Å². The first-order valence-electron chi connectivity index (χ1n) is 12.6. The van der Waals surface area contributed by atoms with Crippen LogP contribution in [0, 0.1) is 0 Å². The van der Waals surface area contributed by atoms with Crippen molar-refractivity contribution in [3.05, 3.63) is 76.8 Å². The Hall–Kier alpha value is -3.06. The van der Waals surface area contributed by atoms with Crippen LogP contribution in [0.3, 0.4) is 0 Å². The lowest BCUT2D eigenvalue weighted by Crippen LogP contribution is -2.42. The third kappa shape index (κ3) is 7.04. The number of hydrogen-bond donors (Lipinski definition) is 1. The minimum Gasteiger partial charge on any atom is -0.477 e. The van der Waals surface area contributed by atoms with E-state index in [2.05, 4.69) is 48.3 Å². The molecule has 0 saturated carbocycles. The molecule has 0 aliphatic rings. The van der Waals surface area contributed by atoms with Gasteiger partial charge in [-0.05, 0) is 61.1 Å². The summed E-state index contributed by atoms with van der Waals surface area (Å²) in [5.41, 5.74) is 2.31. The van der Waals surface area contributed by atoms with Crippen LogP contribution in [-0.4, -0.2) is 52.9 Å². The van der Waals surface area contributed by atoms with E-state index in [4.69, 9.17) is 33.0 Å². The molecule has 1 amide bonds. The van der Waals surface area contributed by atoms with E-state index >= 15 is 0 Å². The predicted molar refractivity (Wildman–Crippen MR) is 152 cm³/mol. The van der Waals surface area contributed by atoms with Crippen LogP contribution in [0.5, 0.6) is 5.88 Å². The zero-order chi connectivity index (χ0) is 26.4. The molecule has 1 heterocycles. The number of halogens is 2. The molecule has 4 rings (SSSR count). The van der Waals surface area contributed by atoms with Crippen LogP contribution in [0.1, 0.15) is 27.2 Å². The third-order valence-corrected chi connectivity index (χ3v) is 6.66. The first-order chi connectivity index (χ1) is 17.9. The van der Waals surface area contributed by atoms with Crippen molar-refractivity contribution in [3.63, 3.8) is 0 Å². The van der Waals surface area contributed by atoms with Gasteiger partial charge in [-0.25, -0.2) is 4.68 Å². The van der Waals surface area contributed by atoms with Crippen molar-refractivity contribution in [2.45, 2.75) is 33.2 Å². The van der Waals surface area contributed by atoms with Gasteiger partial charge in [-0.2, -0.15) is 5.10 Å². The molecular weight excluding hydrogens is 507 g/mol. The van der Waals surface area contributed by atoms with E-state index in [1.165, 1.54) is 0 Å². The summed E-state index contributed by atoms with van der Waals surface area (Å²) in [5.74, 6) is 0.489. The normalized spacial score (nSPS) is 12.2. The molecule has 1 atom stereocenters. The largest absolute Gasteiger partial charge is 0.477 e. The van der Waals surface area contributed by atoms with Gasteiger partial charge < -0.3 is 15.0 Å². The van der Waals surface area contributed by atoms with Gasteiger partial charge in [0.2, 0.25) is 11.8 Å². The maximum Gasteiger partial charge on any atom is 0.223 e. The van der Waals surface area contributed by atoms with Crippen molar-refractivity contribution in [2.24, 2.45) is 0 Å². The first kappa shape index (κ1) is 27.0. The fourth-order valence-corrected chi connectivity index (χ4v) is 4.84. The molecule has 0 aliphatic carbocycles. The van der Waals surface area contributed by atoms with Crippen molar-refractivity contribution in [1.82, 2.24) is 20.0 Å². The minimum atomic E-state index is -0.0433. The number of amides is 1. The second-order valence-corrected chi connectivity index (χ2v) is 9.89. The van der Waals surface area contributed by atoms with Crippen LogP contribution in [-0.2, 0) is 4.79 Å². The predicted octanol–water partition coefficient (Wildman–Crippen LogP) is 6.61. The Bertz CT molecular complexity index is 1350. The summed E-state index contributed by atoms with van der Waals surface area (Å²) in [4.78, 5) is 14.8. The number of nitrogens with zero attached hydrogens (tertiary/aromatic N) is 3. The van der Waals surface area contributed by atoms with Crippen molar-refractivity contribution in [2.75, 3.05) is 26.2 Å². The Morgan fingerprint density at radius 2 is 1.70 bits per heavy atom. The zero-order valence-corrected chi connectivity index (χ0v) is 22.9. The van der Waals surface area contributed by atoms with Crippen molar-refractivity contribution in [3.8, 4) is 22.8 Å². The first-order valence-corrected chi connectivity index (χ1v) is 13.3. The molecule has 0 aliphatic heterocycles. The molecule has 0 fully saturated rings. The molecule has 1 unspecified atom stereocenters. The van der Waals surface area contributed by atoms with Gasteiger partial charge >= 0.3 is 0 Å². The van der Waals surface area contributed by atoms with Crippen LogP contribution in [0.25, 0.3) is 27.7 Å². The molecule has 8 heteroatoms. The number of aromatic nitrogens is 2. The lowest BCUT2D eigenvalue weighted by Gasteiger charge is -2.23. The Morgan fingerprint density at radius 1 is 1.00 bits per heavy atom. The highest BCUT2D eigenvalue weighted by Crippen LogP contribution is 2.31. The van der Waals surface area contributed by atoms with Crippen molar-refractivity contribution < 1.29 is 9.53 Å². The molecule has 1 N–H and O–H groups in total. The fourth-order valence-electron chi connectivity index (χ4n) is 4.31. The van der Waals surface area contributed by atoms with E-state index in [0.717, 1.165) is 41.7 Å². The molecule has 0 spiro atoms. The summed E-state index contributed by atoms with van der Waals surface area (Å²) < 4.78 is 7.85. The number of hydrogen-bond acceptors (Lipinski definition) is 4. The van der Waals surface area contributed by atoms with Gasteiger partial charge in [0.25, 0.3) is 0 Å². The summed E-state index contributed by atoms with van der Waals surface area (Å²) in [7, 11) is 0. The highest BCUT2D eigenvalue weighted by Gasteiger charge is 2.16. The van der Waals surface area contributed by atoms with Crippen molar-refractivity contribution in [1.29, 1.82) is 0 Å². The maximum absolute atomic E-state index is 12.5. The van der Waals surface area contributed by atoms with Crippen LogP contribution < -0.4 is 10.1 Å². The summed E-state index contributed by atoms with van der Waals surface area (Å²) in [6.07, 6.45) is 0.240. The molecule has 6 nitrogen and oxygen atoms in total. The summed E-state index contributed by atoms with van der Waals surface area (Å²) >= 11 is 12.5. The van der Waals surface area contributed by atoms with E-state index in [1.807, 2.05) is 43.3 Å². The molecule has 37 heavy (non-hydrogen) atoms. The van der Waals surface area contributed by atoms with Gasteiger partial charge in [0.15, 0.2) is 0 Å². The lowest BCUT2D eigenvalue weighted by atomic mass is 10.1. The number of ether oxygens (including phenoxy) is 1. The quantitative estimate of drug-likeness (QED) is 0.233. The summed E-state index contributed by atoms with van der Waals surface area (Å²) in [6, 6.07) is 21.5. The maximum atomic E-state index is 12.5. The Balaban J connectivity index is 1.54. The molecule has 1 aromatic heterocycles. The van der Waals surface area contributed by atoms with Crippen LogP contribution in [0.4, 0.5) is 0 Å². The van der Waals surface area contributed by atoms with Gasteiger partial charge in [-0.15, -0.1) is 0 Å². The van der Waals surface area contributed by atoms with Gasteiger partial charge in [-0.3, -0.25) is 4.79 Å². The second-order valence-electron chi connectivity index (χ2n) is 9.02. The van der Waals surface area contributed by atoms with E-state index in [1.54, 1.807) is 10.7 Å². The minimum absolute atomic E-state index is 0.0433. The number of rotatable bonds is 11. The molecule has 4 aromatic rings. The van der Waals surface area contributed by atoms with Gasteiger partial charge in [-0.1, -0.05) is 67.4 Å². The Kier molecular flexibility index (Phi) is 9.09. The molecule has 3 aromatic carbocycles. The number of benzene rings is 3. The number of fused-ring (bicyclic) bond motifs is 1. The van der Waals surface area contributed by atoms with Crippen LogP contribution in [0.15, 0.2) is 66.7 Å². The molecule has 0 radical (unpaired) electrons. The SMILES string of the molecule is CCN(CC)CC(C)NC(=O)CCOc1cc(-c2cc(Cl)cc(Cl)c2)nn1-c1ccc2ccccc2c1. The smallest absolute Gasteiger partial charge is 0.223 e. The van der Waals surface area contributed by atoms with Crippen molar-refractivity contribution >= 4 is 39.9 Å². The third-order valence-electron chi connectivity index (χ3n) is 6.23. The summed E-state index contributed by atoms with van der Waals surface area (Å²) in [5, 5.41) is 11.2. The Morgan fingerprint density at radius 3 is 2.41 bits per heavy atom. The van der Waals surface area contributed by atoms with E-state index in [9.17, 15) is 4.79 Å². The molecule has 0 saturated heterocycles. The highest BCUT2D eigenvalue weighted by atomic mass is 35.5. The average Bonchev–Trinajstić information content (AvgIpc) is 3.30. The lowest BCUT2D eigenvalue weighted by molar-refractivity contribution is -0.122. The molecule has 194 valence electrons. The van der Waals surface area contributed by atoms with Gasteiger partial charge in [0.1, 0.15) is 0 Å². The number of likely N-dealkylation sites (N-methyl/N-ethyl adjacent to an activating group) is 1. The molecular formula is C29H32Cl2N4O2. The zero-order valence-electron chi connectivity index (χ0n) is 21.4. The topological polar surface area (TPSA) is 59.4 Å². The monoisotopic (exact) mass is 538 g/mol. The fraction of sp³-hybridized carbons (Fsp3) is 0.310. The standard InChI is InChI=1S/C29H32Cl2N4O2/c1-4-34(5-2)19-20(3)32-28(36)12-13-37-29-18-27(23-14-24(30)17-25(31)15-23)33-35(29)26-11-10-21-8-6-7-9-22(21)16-26/h6-11,14-18,20H,4-5,12-13,19H2,1-3H3,(H,32,36). The summed E-state index contributed by atoms with van der Waals surface area (Å²) in [6.45, 7) is 9.22. The second kappa shape index (κ2) is 12.5. The van der Waals surface area contributed by atoms with E-state index in [-0.39, 0.29) is 25.0 Å². The van der Waals surface area contributed by atoms with Crippen LogP contribution in [0.2, 0.25) is 10.0 Å². The van der Waals surface area contributed by atoms with Gasteiger partial charge in [0, 0.05) is 34.3 Å². The number of carbonyl (C=O) groups is 1. The average molecular weight is 540 g/mol. The number of carbonyl (C=O) groups excluding carboxylic acids is 1.